The van der Waals surface area contributed by atoms with Gasteiger partial charge in [-0.25, -0.2) is 0 Å². The molecule has 4 N–H and O–H groups in total. The van der Waals surface area contributed by atoms with Gasteiger partial charge in [-0.05, 0) is 55.6 Å². The highest BCUT2D eigenvalue weighted by atomic mass is 35.5. The molecule has 0 spiro atoms. The number of anilines is 1. The van der Waals surface area contributed by atoms with Crippen LogP contribution in [0.1, 0.15) is 11.4 Å². The molecule has 0 amide bonds. The zero-order chi connectivity index (χ0) is 17.4. The fourth-order valence-electron chi connectivity index (χ4n) is 1.65. The molecule has 0 radical (unpaired) electrons. The Kier molecular flexibility index (Phi) is 6.86. The number of para-hydroxylation sites is 1. The highest BCUT2D eigenvalue weighted by Gasteiger charge is 2.01. The van der Waals surface area contributed by atoms with Crippen molar-refractivity contribution < 1.29 is 0 Å². The summed E-state index contributed by atoms with van der Waals surface area (Å²) in [6.45, 7) is 1.91. The lowest BCUT2D eigenvalue weighted by Crippen LogP contribution is -2.47. The number of thiocarbonyl (C=S) groups is 2. The Labute approximate surface area is 155 Å². The molecule has 0 aliphatic carbocycles. The van der Waals surface area contributed by atoms with Crippen molar-refractivity contribution in [2.24, 2.45) is 5.10 Å². The number of hydrogen-bond acceptors (Lipinski definition) is 4. The van der Waals surface area contributed by atoms with E-state index in [2.05, 4.69) is 31.7 Å². The smallest absolute Gasteiger partial charge is 0.205 e. The van der Waals surface area contributed by atoms with E-state index in [1.54, 1.807) is 12.3 Å². The number of nitrogens with zero attached hydrogens (tertiary/aromatic N) is 2. The number of nitrogens with one attached hydrogen (secondary N) is 4. The second kappa shape index (κ2) is 9.11. The van der Waals surface area contributed by atoms with Crippen LogP contribution in [-0.2, 0) is 0 Å². The van der Waals surface area contributed by atoms with Gasteiger partial charge in [-0.15, -0.1) is 0 Å². The number of hydrogen-bond donors (Lipinski definition) is 4. The van der Waals surface area contributed by atoms with Gasteiger partial charge in [0.05, 0.1) is 22.6 Å². The third-order valence-corrected chi connectivity index (χ3v) is 3.41. The average Bonchev–Trinajstić information content (AvgIpc) is 2.55. The van der Waals surface area contributed by atoms with Crippen LogP contribution in [0.2, 0.25) is 5.02 Å². The predicted molar refractivity (Wildman–Crippen MR) is 106 cm³/mol. The van der Waals surface area contributed by atoms with E-state index >= 15 is 0 Å². The van der Waals surface area contributed by atoms with Gasteiger partial charge in [0.15, 0.2) is 5.11 Å². The molecule has 0 unspecified atom stereocenters. The molecule has 1 aromatic heterocycles. The zero-order valence-electron chi connectivity index (χ0n) is 12.7. The van der Waals surface area contributed by atoms with E-state index in [4.69, 9.17) is 36.0 Å². The van der Waals surface area contributed by atoms with Gasteiger partial charge in [0.1, 0.15) is 0 Å². The number of rotatable bonds is 3. The fourth-order valence-corrected chi connectivity index (χ4v) is 2.10. The van der Waals surface area contributed by atoms with Crippen molar-refractivity contribution in [1.82, 2.24) is 21.3 Å². The molecule has 0 saturated heterocycles. The van der Waals surface area contributed by atoms with E-state index in [-0.39, 0.29) is 5.11 Å². The largest absolute Gasteiger partial charge is 0.330 e. The highest BCUT2D eigenvalue weighted by Crippen LogP contribution is 2.19. The maximum absolute atomic E-state index is 6.04. The second-order valence-electron chi connectivity index (χ2n) is 4.59. The maximum Gasteiger partial charge on any atom is 0.205 e. The van der Waals surface area contributed by atoms with E-state index in [1.807, 2.05) is 43.3 Å². The van der Waals surface area contributed by atoms with Crippen molar-refractivity contribution in [3.05, 3.63) is 58.9 Å². The summed E-state index contributed by atoms with van der Waals surface area (Å²) in [6, 6.07) is 12.9. The molecule has 24 heavy (non-hydrogen) atoms. The lowest BCUT2D eigenvalue weighted by Gasteiger charge is -2.13. The van der Waals surface area contributed by atoms with E-state index in [1.165, 1.54) is 0 Å². The summed E-state index contributed by atoms with van der Waals surface area (Å²) in [5.41, 5.74) is 10.4. The Bertz CT molecular complexity index is 765. The molecule has 9 heteroatoms. The number of hydrazine groups is 1. The average molecular weight is 379 g/mol. The second-order valence-corrected chi connectivity index (χ2v) is 5.81. The van der Waals surface area contributed by atoms with Crippen LogP contribution in [0.25, 0.3) is 0 Å². The monoisotopic (exact) mass is 378 g/mol. The summed E-state index contributed by atoms with van der Waals surface area (Å²) in [5, 5.41) is 8.07. The van der Waals surface area contributed by atoms with Crippen LogP contribution in [0.5, 0.6) is 0 Å². The third-order valence-electron chi connectivity index (χ3n) is 2.68. The topological polar surface area (TPSA) is 73.4 Å². The lowest BCUT2D eigenvalue weighted by atomic mass is 10.3. The van der Waals surface area contributed by atoms with Gasteiger partial charge in [-0.1, -0.05) is 29.8 Å². The van der Waals surface area contributed by atoms with Crippen LogP contribution in [-0.4, -0.2) is 21.4 Å². The van der Waals surface area contributed by atoms with Crippen LogP contribution in [0.4, 0.5) is 5.69 Å². The molecule has 0 fully saturated rings. The van der Waals surface area contributed by atoms with Gasteiger partial charge < -0.3 is 5.32 Å². The Balaban J connectivity index is 1.75. The van der Waals surface area contributed by atoms with Gasteiger partial charge >= 0.3 is 0 Å². The zero-order valence-corrected chi connectivity index (χ0v) is 15.1. The van der Waals surface area contributed by atoms with Crippen molar-refractivity contribution in [2.75, 3.05) is 5.32 Å². The third kappa shape index (κ3) is 6.07. The molecule has 0 atom stereocenters. The lowest BCUT2D eigenvalue weighted by molar-refractivity contribution is 0.835. The van der Waals surface area contributed by atoms with Crippen molar-refractivity contribution in [3.8, 4) is 0 Å². The minimum absolute atomic E-state index is 0.252. The number of benzene rings is 1. The van der Waals surface area contributed by atoms with Crippen molar-refractivity contribution in [3.63, 3.8) is 0 Å². The molecule has 124 valence electrons. The Hall–Kier alpha value is -2.29. The van der Waals surface area contributed by atoms with Crippen molar-refractivity contribution in [2.45, 2.75) is 6.92 Å². The predicted octanol–water partition coefficient (Wildman–Crippen LogP) is 2.74. The van der Waals surface area contributed by atoms with E-state index in [0.29, 0.717) is 15.8 Å². The molecule has 1 aromatic carbocycles. The quantitative estimate of drug-likeness (QED) is 0.372. The van der Waals surface area contributed by atoms with Gasteiger partial charge in [0.25, 0.3) is 0 Å². The maximum atomic E-state index is 6.04. The SMILES string of the molecule is Cc1cccc(/C=N/NC(=S)NNC(=S)Nc2ccccc2Cl)n1. The molecule has 0 aliphatic rings. The van der Waals surface area contributed by atoms with Crippen LogP contribution >= 0.6 is 36.0 Å². The summed E-state index contributed by atoms with van der Waals surface area (Å²) in [6.07, 6.45) is 1.57. The molecule has 2 rings (SSSR count). The first-order valence-corrected chi connectivity index (χ1v) is 8.08. The molecule has 0 saturated carbocycles. The summed E-state index contributed by atoms with van der Waals surface area (Å²) >= 11 is 16.2. The van der Waals surface area contributed by atoms with Gasteiger partial charge in [-0.3, -0.25) is 21.3 Å². The molecular weight excluding hydrogens is 364 g/mol. The number of pyridine rings is 1. The highest BCUT2D eigenvalue weighted by molar-refractivity contribution is 7.80. The van der Waals surface area contributed by atoms with Crippen molar-refractivity contribution >= 4 is 58.2 Å². The molecule has 0 aliphatic heterocycles. The standard InChI is InChI=1S/C15H15ClN6S2/c1-10-5-4-6-11(18-10)9-17-20-15(24)22-21-14(23)19-13-8-3-2-7-12(13)16/h2-9H,1H3,(H2,19,21,23)(H2,20,22,24)/b17-9+. The van der Waals surface area contributed by atoms with E-state index < -0.39 is 0 Å². The minimum atomic E-state index is 0.252. The molecule has 0 bridgehead atoms. The van der Waals surface area contributed by atoms with Gasteiger partial charge in [-0.2, -0.15) is 5.10 Å². The van der Waals surface area contributed by atoms with Crippen LogP contribution in [0.3, 0.4) is 0 Å². The first-order valence-electron chi connectivity index (χ1n) is 6.89. The Morgan fingerprint density at radius 1 is 1.08 bits per heavy atom. The summed E-state index contributed by atoms with van der Waals surface area (Å²) < 4.78 is 0. The summed E-state index contributed by atoms with van der Waals surface area (Å²) in [5.74, 6) is 0. The normalized spacial score (nSPS) is 10.2. The molecular formula is C15H15ClN6S2. The van der Waals surface area contributed by atoms with Gasteiger partial charge in [0.2, 0.25) is 5.11 Å². The number of hydrazone groups is 1. The molecule has 6 nitrogen and oxygen atoms in total. The first kappa shape index (κ1) is 18.1. The number of aryl methyl sites for hydroxylation is 1. The Morgan fingerprint density at radius 3 is 2.58 bits per heavy atom. The molecule has 1 heterocycles. The minimum Gasteiger partial charge on any atom is -0.330 e. The van der Waals surface area contributed by atoms with Gasteiger partial charge in [0, 0.05) is 5.69 Å². The van der Waals surface area contributed by atoms with E-state index in [0.717, 1.165) is 11.4 Å². The van der Waals surface area contributed by atoms with E-state index in [9.17, 15) is 0 Å². The number of halogens is 1. The Morgan fingerprint density at radius 2 is 1.83 bits per heavy atom. The molecule has 2 aromatic rings. The van der Waals surface area contributed by atoms with Crippen molar-refractivity contribution in [1.29, 1.82) is 0 Å². The fraction of sp³-hybridized carbons (Fsp3) is 0.0667. The number of aromatic nitrogens is 1. The van der Waals surface area contributed by atoms with Crippen LogP contribution in [0, 0.1) is 6.92 Å². The van der Waals surface area contributed by atoms with Crippen LogP contribution in [0.15, 0.2) is 47.6 Å². The summed E-state index contributed by atoms with van der Waals surface area (Å²) in [4.78, 5) is 4.29. The first-order chi connectivity index (χ1) is 11.5. The van der Waals surface area contributed by atoms with Crippen LogP contribution < -0.4 is 21.6 Å². The summed E-state index contributed by atoms with van der Waals surface area (Å²) in [7, 11) is 0.